The lowest BCUT2D eigenvalue weighted by Gasteiger charge is -2.08. The highest BCUT2D eigenvalue weighted by Crippen LogP contribution is 2.22. The number of carbonyl (C=O) groups excluding carboxylic acids is 1. The third-order valence-electron chi connectivity index (χ3n) is 3.05. The Balaban J connectivity index is 2.21. The van der Waals surface area contributed by atoms with Gasteiger partial charge in [0.15, 0.2) is 0 Å². The Kier molecular flexibility index (Phi) is 6.41. The quantitative estimate of drug-likeness (QED) is 0.332. The maximum Gasteiger partial charge on any atom is 0.354 e. The van der Waals surface area contributed by atoms with E-state index in [0.29, 0.717) is 28.7 Å². The minimum absolute atomic E-state index is 0.113. The van der Waals surface area contributed by atoms with Gasteiger partial charge in [0, 0.05) is 10.6 Å². The molecular weight excluding hydrogens is 326 g/mol. The summed E-state index contributed by atoms with van der Waals surface area (Å²) in [4.78, 5) is 12.2. The summed E-state index contributed by atoms with van der Waals surface area (Å²) in [7, 11) is 0. The van der Waals surface area contributed by atoms with Crippen molar-refractivity contribution in [1.29, 1.82) is 5.26 Å². The summed E-state index contributed by atoms with van der Waals surface area (Å²) < 4.78 is 10.8. The summed E-state index contributed by atoms with van der Waals surface area (Å²) in [6.45, 7) is 2.56. The lowest BCUT2D eigenvalue weighted by Crippen LogP contribution is -2.10. The summed E-state index contributed by atoms with van der Waals surface area (Å²) in [5.41, 5.74) is 0.535. The molecule has 0 fully saturated rings. The first-order chi connectivity index (χ1) is 11.6. The van der Waals surface area contributed by atoms with Crippen LogP contribution < -0.4 is 9.47 Å². The second-order valence-corrected chi connectivity index (χ2v) is 5.34. The highest BCUT2D eigenvalue weighted by Gasteiger charge is 2.13. The van der Waals surface area contributed by atoms with Crippen LogP contribution in [0.2, 0.25) is 5.02 Å². The van der Waals surface area contributed by atoms with Crippen LogP contribution in [0.25, 0.3) is 6.08 Å². The van der Waals surface area contributed by atoms with Crippen LogP contribution in [-0.4, -0.2) is 12.6 Å². The second-order valence-electron chi connectivity index (χ2n) is 4.90. The summed E-state index contributed by atoms with van der Waals surface area (Å²) in [6, 6.07) is 15.4. The SMILES string of the molecule is CCCOc1ccccc1/C=C(\C#N)C(=O)Oc1ccc(Cl)cc1. The average Bonchev–Trinajstić information content (AvgIpc) is 2.60. The number of para-hydroxylation sites is 1. The number of hydrogen-bond donors (Lipinski definition) is 0. The van der Waals surface area contributed by atoms with Gasteiger partial charge in [-0.05, 0) is 42.8 Å². The number of esters is 1. The second kappa shape index (κ2) is 8.76. The molecule has 122 valence electrons. The zero-order valence-electron chi connectivity index (χ0n) is 13.2. The molecule has 0 aliphatic heterocycles. The summed E-state index contributed by atoms with van der Waals surface area (Å²) in [5, 5.41) is 9.80. The monoisotopic (exact) mass is 341 g/mol. The zero-order chi connectivity index (χ0) is 17.4. The van der Waals surface area contributed by atoms with E-state index in [0.717, 1.165) is 6.42 Å². The Morgan fingerprint density at radius 1 is 1.21 bits per heavy atom. The number of rotatable bonds is 6. The lowest BCUT2D eigenvalue weighted by atomic mass is 10.1. The molecule has 0 unspecified atom stereocenters. The van der Waals surface area contributed by atoms with Crippen LogP contribution in [0.1, 0.15) is 18.9 Å². The van der Waals surface area contributed by atoms with Gasteiger partial charge < -0.3 is 9.47 Å². The lowest BCUT2D eigenvalue weighted by molar-refractivity contribution is -0.129. The topological polar surface area (TPSA) is 59.3 Å². The average molecular weight is 342 g/mol. The Bertz CT molecular complexity index is 776. The first-order valence-electron chi connectivity index (χ1n) is 7.45. The molecular formula is C19H16ClNO3. The van der Waals surface area contributed by atoms with Crippen LogP contribution in [0, 0.1) is 11.3 Å². The van der Waals surface area contributed by atoms with Crippen molar-refractivity contribution in [3.8, 4) is 17.6 Å². The molecule has 0 aliphatic rings. The van der Waals surface area contributed by atoms with Gasteiger partial charge in [-0.15, -0.1) is 0 Å². The van der Waals surface area contributed by atoms with Gasteiger partial charge in [-0.3, -0.25) is 0 Å². The summed E-state index contributed by atoms with van der Waals surface area (Å²) >= 11 is 5.79. The highest BCUT2D eigenvalue weighted by atomic mass is 35.5. The fraction of sp³-hybridized carbons (Fsp3) is 0.158. The van der Waals surface area contributed by atoms with Crippen molar-refractivity contribution in [2.75, 3.05) is 6.61 Å². The summed E-state index contributed by atoms with van der Waals surface area (Å²) in [6.07, 6.45) is 2.32. The predicted octanol–water partition coefficient (Wildman–Crippen LogP) is 4.64. The molecule has 0 N–H and O–H groups in total. The van der Waals surface area contributed by atoms with Crippen LogP contribution in [0.5, 0.6) is 11.5 Å². The zero-order valence-corrected chi connectivity index (χ0v) is 13.9. The van der Waals surface area contributed by atoms with Crippen molar-refractivity contribution in [2.24, 2.45) is 0 Å². The smallest absolute Gasteiger partial charge is 0.354 e. The Morgan fingerprint density at radius 3 is 2.58 bits per heavy atom. The van der Waals surface area contributed by atoms with E-state index in [1.54, 1.807) is 36.4 Å². The molecule has 2 aromatic carbocycles. The van der Waals surface area contributed by atoms with E-state index in [1.165, 1.54) is 6.08 Å². The molecule has 0 aromatic heterocycles. The molecule has 0 saturated heterocycles. The highest BCUT2D eigenvalue weighted by molar-refractivity contribution is 6.30. The van der Waals surface area contributed by atoms with E-state index >= 15 is 0 Å². The van der Waals surface area contributed by atoms with Gasteiger partial charge in [0.1, 0.15) is 23.1 Å². The molecule has 0 atom stereocenters. The van der Waals surface area contributed by atoms with Crippen LogP contribution in [0.15, 0.2) is 54.1 Å². The molecule has 0 spiro atoms. The molecule has 0 aliphatic carbocycles. The van der Waals surface area contributed by atoms with E-state index in [1.807, 2.05) is 25.1 Å². The van der Waals surface area contributed by atoms with Crippen molar-refractivity contribution in [1.82, 2.24) is 0 Å². The number of nitriles is 1. The number of ether oxygens (including phenoxy) is 2. The maximum absolute atomic E-state index is 12.2. The van der Waals surface area contributed by atoms with Gasteiger partial charge in [0.25, 0.3) is 0 Å². The van der Waals surface area contributed by atoms with Gasteiger partial charge in [-0.25, -0.2) is 4.79 Å². The molecule has 0 radical (unpaired) electrons. The van der Waals surface area contributed by atoms with E-state index in [4.69, 9.17) is 21.1 Å². The van der Waals surface area contributed by atoms with Crippen LogP contribution in [0.3, 0.4) is 0 Å². The van der Waals surface area contributed by atoms with Crippen LogP contribution in [0.4, 0.5) is 0 Å². The number of halogens is 1. The largest absolute Gasteiger partial charge is 0.493 e. The van der Waals surface area contributed by atoms with Gasteiger partial charge in [0.2, 0.25) is 0 Å². The molecule has 0 saturated carbocycles. The molecule has 5 heteroatoms. The van der Waals surface area contributed by atoms with Gasteiger partial charge in [-0.2, -0.15) is 5.26 Å². The molecule has 0 heterocycles. The van der Waals surface area contributed by atoms with E-state index in [2.05, 4.69) is 0 Å². The molecule has 2 aromatic rings. The molecule has 2 rings (SSSR count). The van der Waals surface area contributed by atoms with Crippen molar-refractivity contribution >= 4 is 23.6 Å². The Morgan fingerprint density at radius 2 is 1.92 bits per heavy atom. The van der Waals surface area contributed by atoms with Crippen molar-refractivity contribution in [3.63, 3.8) is 0 Å². The minimum Gasteiger partial charge on any atom is -0.493 e. The van der Waals surface area contributed by atoms with Crippen LogP contribution >= 0.6 is 11.6 Å². The number of benzene rings is 2. The number of hydrogen-bond acceptors (Lipinski definition) is 4. The van der Waals surface area contributed by atoms with E-state index in [9.17, 15) is 10.1 Å². The van der Waals surface area contributed by atoms with Crippen molar-refractivity contribution in [3.05, 3.63) is 64.7 Å². The third-order valence-corrected chi connectivity index (χ3v) is 3.30. The minimum atomic E-state index is -0.731. The predicted molar refractivity (Wildman–Crippen MR) is 92.9 cm³/mol. The fourth-order valence-electron chi connectivity index (χ4n) is 1.90. The maximum atomic E-state index is 12.2. The number of nitrogens with zero attached hydrogens (tertiary/aromatic N) is 1. The van der Waals surface area contributed by atoms with Crippen LogP contribution in [-0.2, 0) is 4.79 Å². The number of carbonyl (C=O) groups is 1. The van der Waals surface area contributed by atoms with E-state index in [-0.39, 0.29) is 5.57 Å². The fourth-order valence-corrected chi connectivity index (χ4v) is 2.03. The Labute approximate surface area is 145 Å². The van der Waals surface area contributed by atoms with E-state index < -0.39 is 5.97 Å². The molecule has 0 amide bonds. The van der Waals surface area contributed by atoms with Gasteiger partial charge in [0.05, 0.1) is 6.61 Å². The van der Waals surface area contributed by atoms with Crippen molar-refractivity contribution in [2.45, 2.75) is 13.3 Å². The summed E-state index contributed by atoms with van der Waals surface area (Å²) in [5.74, 6) is 0.206. The van der Waals surface area contributed by atoms with Gasteiger partial charge in [-0.1, -0.05) is 36.7 Å². The van der Waals surface area contributed by atoms with Crippen molar-refractivity contribution < 1.29 is 14.3 Å². The molecule has 24 heavy (non-hydrogen) atoms. The standard InChI is InChI=1S/C19H16ClNO3/c1-2-11-23-18-6-4-3-5-14(18)12-15(13-21)19(22)24-17-9-7-16(20)8-10-17/h3-10,12H,2,11H2,1H3/b15-12+. The normalized spacial score (nSPS) is 10.8. The van der Waals surface area contributed by atoms with Gasteiger partial charge >= 0.3 is 5.97 Å². The molecule has 4 nitrogen and oxygen atoms in total. The Hall–Kier alpha value is -2.77. The first-order valence-corrected chi connectivity index (χ1v) is 7.83. The molecule has 0 bridgehead atoms. The third kappa shape index (κ3) is 4.87. The first kappa shape index (κ1) is 17.6.